The van der Waals surface area contributed by atoms with E-state index in [9.17, 15) is 0 Å². The number of hydrogen-bond acceptors (Lipinski definition) is 12. The van der Waals surface area contributed by atoms with Crippen LogP contribution in [-0.2, 0) is 6.54 Å². The summed E-state index contributed by atoms with van der Waals surface area (Å²) in [6, 6.07) is 5.80. The predicted octanol–water partition coefficient (Wildman–Crippen LogP) is 5.54. The molecule has 3 heterocycles. The van der Waals surface area contributed by atoms with Crippen LogP contribution >= 0.6 is 12.4 Å². The molecule has 12 nitrogen and oxygen atoms in total. The molecule has 0 aliphatic carbocycles. The number of benzene rings is 1. The Labute approximate surface area is 221 Å². The molecule has 0 amide bonds. The van der Waals surface area contributed by atoms with E-state index in [0.29, 0.717) is 12.5 Å². The lowest BCUT2D eigenvalue weighted by atomic mass is 10.1. The maximum atomic E-state index is 5.52. The van der Waals surface area contributed by atoms with E-state index < -0.39 is 0 Å². The van der Waals surface area contributed by atoms with Crippen LogP contribution in [0.25, 0.3) is 0 Å². The number of anilines is 3. The van der Waals surface area contributed by atoms with Gasteiger partial charge in [0, 0.05) is 31.9 Å². The second-order valence-corrected chi connectivity index (χ2v) is 7.85. The van der Waals surface area contributed by atoms with Crippen molar-refractivity contribution in [3.63, 3.8) is 0 Å². The Morgan fingerprint density at radius 3 is 1.57 bits per heavy atom. The largest absolute Gasteiger partial charge is 0.496 e. The van der Waals surface area contributed by atoms with E-state index in [1.807, 2.05) is 18.2 Å². The van der Waals surface area contributed by atoms with Crippen molar-refractivity contribution in [3.05, 3.63) is 23.8 Å². The summed E-state index contributed by atoms with van der Waals surface area (Å²) in [5.41, 5.74) is 0.946. The maximum Gasteiger partial charge on any atom is 0.231 e. The van der Waals surface area contributed by atoms with Gasteiger partial charge in [0.05, 0.1) is 26.3 Å². The van der Waals surface area contributed by atoms with Crippen molar-refractivity contribution in [1.82, 2.24) is 39.6 Å². The van der Waals surface area contributed by atoms with E-state index in [1.165, 1.54) is 38.5 Å². The minimum Gasteiger partial charge on any atom is -0.496 e. The van der Waals surface area contributed by atoms with Gasteiger partial charge in [0.1, 0.15) is 11.5 Å². The zero-order chi connectivity index (χ0) is 20.8. The molecule has 0 bridgehead atoms. The van der Waals surface area contributed by atoms with Crippen molar-refractivity contribution >= 4 is 30.3 Å². The van der Waals surface area contributed by atoms with Crippen molar-refractivity contribution in [3.8, 4) is 11.5 Å². The number of piperidine rings is 2. The fourth-order valence-corrected chi connectivity index (χ4v) is 4.17. The molecule has 210 valence electrons. The van der Waals surface area contributed by atoms with E-state index >= 15 is 0 Å². The number of nitrogens with one attached hydrogen (secondary N) is 1. The Hall–Kier alpha value is -2.64. The molecule has 35 heavy (non-hydrogen) atoms. The average molecular weight is 525 g/mol. The standard InChI is InChI=1S/C22H32N6O2.ClH.4H3N.4H2/c1-29-18-10-9-11-19(30-2)17(18)16-23-20-24-21(27-12-5-3-6-13-27)26-22(25-20)28-14-7-4-8-15-28;;;;;;;;;/h9-11H,3-8,12-16H2,1-2H3,(H,23,24,25,26);1H;4*1H3;4*1H. The molecular weight excluding hydrogens is 472 g/mol. The van der Waals surface area contributed by atoms with Crippen molar-refractivity contribution in [1.29, 1.82) is 0 Å². The third-order valence-electron chi connectivity index (χ3n) is 5.84. The Morgan fingerprint density at radius 1 is 0.743 bits per heavy atom. The summed E-state index contributed by atoms with van der Waals surface area (Å²) >= 11 is 0. The summed E-state index contributed by atoms with van der Waals surface area (Å²) in [7, 11) is 3.34. The van der Waals surface area contributed by atoms with Crippen LogP contribution in [0.15, 0.2) is 18.2 Å². The van der Waals surface area contributed by atoms with Crippen LogP contribution in [-0.4, -0.2) is 55.4 Å². The van der Waals surface area contributed by atoms with Gasteiger partial charge in [-0.25, -0.2) is 0 Å². The van der Waals surface area contributed by atoms with Gasteiger partial charge in [0.2, 0.25) is 17.8 Å². The van der Waals surface area contributed by atoms with Crippen molar-refractivity contribution in [2.24, 2.45) is 0 Å². The number of ether oxygens (including phenoxy) is 2. The molecule has 1 aromatic heterocycles. The monoisotopic (exact) mass is 524 g/mol. The highest BCUT2D eigenvalue weighted by molar-refractivity contribution is 5.85. The Kier molecular flexibility index (Phi) is 16.7. The second kappa shape index (κ2) is 16.9. The smallest absolute Gasteiger partial charge is 0.231 e. The second-order valence-electron chi connectivity index (χ2n) is 7.85. The number of aromatic nitrogens is 3. The first-order valence-corrected chi connectivity index (χ1v) is 11.0. The molecule has 2 aromatic rings. The van der Waals surface area contributed by atoms with Gasteiger partial charge in [0.25, 0.3) is 0 Å². The minimum atomic E-state index is 0. The fourth-order valence-electron chi connectivity index (χ4n) is 4.17. The first-order chi connectivity index (χ1) is 14.8. The highest BCUT2D eigenvalue weighted by atomic mass is 35.5. The van der Waals surface area contributed by atoms with Gasteiger partial charge in [0.15, 0.2) is 0 Å². The maximum absolute atomic E-state index is 5.52. The molecule has 2 aliphatic rings. The normalized spacial score (nSPS) is 14.6. The van der Waals surface area contributed by atoms with E-state index in [-0.39, 0.29) is 42.7 Å². The van der Waals surface area contributed by atoms with Crippen LogP contribution in [0.1, 0.15) is 49.8 Å². The van der Waals surface area contributed by atoms with Gasteiger partial charge < -0.3 is 49.2 Å². The SMILES string of the molecule is COc1cccc(OC)c1CNc1nc(N2CCCCC2)nc(N2CCCCC2)n1.Cl.N.N.N.N.[HH].[HH].[HH].[HH]. The van der Waals surface area contributed by atoms with Crippen molar-refractivity contribution in [2.75, 3.05) is 55.5 Å². The zero-order valence-corrected chi connectivity index (χ0v) is 22.1. The summed E-state index contributed by atoms with van der Waals surface area (Å²) in [6.07, 6.45) is 7.30. The van der Waals surface area contributed by atoms with Gasteiger partial charge in [-0.2, -0.15) is 15.0 Å². The van der Waals surface area contributed by atoms with E-state index in [4.69, 9.17) is 24.4 Å². The Morgan fingerprint density at radius 2 is 1.17 bits per heavy atom. The Bertz CT molecular complexity index is 809. The number of methoxy groups -OCH3 is 2. The van der Waals surface area contributed by atoms with E-state index in [1.54, 1.807) is 14.2 Å². The highest BCUT2D eigenvalue weighted by Gasteiger charge is 2.20. The van der Waals surface area contributed by atoms with Crippen LogP contribution in [0.4, 0.5) is 17.8 Å². The molecule has 13 N–H and O–H groups in total. The molecule has 2 saturated heterocycles. The summed E-state index contributed by atoms with van der Waals surface area (Å²) in [6.45, 7) is 4.52. The zero-order valence-electron chi connectivity index (χ0n) is 21.3. The van der Waals surface area contributed by atoms with Gasteiger partial charge in [-0.15, -0.1) is 12.4 Å². The number of halogens is 1. The van der Waals surface area contributed by atoms with E-state index in [0.717, 1.165) is 55.1 Å². The van der Waals surface area contributed by atoms with Crippen LogP contribution in [0.3, 0.4) is 0 Å². The van der Waals surface area contributed by atoms with Gasteiger partial charge in [-0.1, -0.05) is 6.07 Å². The molecule has 0 radical (unpaired) electrons. The molecule has 0 spiro atoms. The molecule has 0 atom stereocenters. The summed E-state index contributed by atoms with van der Waals surface area (Å²) in [5, 5.41) is 3.39. The topological polar surface area (TPSA) is 216 Å². The molecule has 0 unspecified atom stereocenters. The van der Waals surface area contributed by atoms with Crippen LogP contribution in [0.2, 0.25) is 0 Å². The number of nitrogens with zero attached hydrogens (tertiary/aromatic N) is 5. The lowest BCUT2D eigenvalue weighted by molar-refractivity contribution is 0.386. The lowest BCUT2D eigenvalue weighted by Crippen LogP contribution is -2.34. The first-order valence-electron chi connectivity index (χ1n) is 11.0. The first kappa shape index (κ1) is 34.5. The third-order valence-corrected chi connectivity index (χ3v) is 5.84. The predicted molar refractivity (Wildman–Crippen MR) is 155 cm³/mol. The molecule has 4 rings (SSSR count). The molecule has 13 heteroatoms. The van der Waals surface area contributed by atoms with Crippen LogP contribution in [0, 0.1) is 0 Å². The van der Waals surface area contributed by atoms with Crippen LogP contribution in [0.5, 0.6) is 11.5 Å². The van der Waals surface area contributed by atoms with Gasteiger partial charge >= 0.3 is 0 Å². The molecule has 1 aromatic carbocycles. The summed E-state index contributed by atoms with van der Waals surface area (Å²) in [5.74, 6) is 3.71. The Balaban J connectivity index is -0.000000302. The third kappa shape index (κ3) is 8.51. The molecular formula is C22H53ClN10O2. The molecule has 2 fully saturated rings. The highest BCUT2D eigenvalue weighted by Crippen LogP contribution is 2.29. The number of rotatable bonds is 7. The molecule has 0 saturated carbocycles. The summed E-state index contributed by atoms with van der Waals surface area (Å²) in [4.78, 5) is 18.9. The summed E-state index contributed by atoms with van der Waals surface area (Å²) < 4.78 is 11.0. The minimum absolute atomic E-state index is 0. The van der Waals surface area contributed by atoms with E-state index in [2.05, 4.69) is 15.1 Å². The average Bonchev–Trinajstić information content (AvgIpc) is 2.83. The number of hydrogen-bond donors (Lipinski definition) is 5. The van der Waals surface area contributed by atoms with Crippen molar-refractivity contribution in [2.45, 2.75) is 45.1 Å². The fraction of sp³-hybridized carbons (Fsp3) is 0.591. The van der Waals surface area contributed by atoms with Gasteiger partial charge in [-0.3, -0.25) is 0 Å². The van der Waals surface area contributed by atoms with Gasteiger partial charge in [-0.05, 0) is 50.7 Å². The lowest BCUT2D eigenvalue weighted by Gasteiger charge is -2.30. The van der Waals surface area contributed by atoms with Crippen molar-refractivity contribution < 1.29 is 15.2 Å². The quantitative estimate of drug-likeness (QED) is 0.301. The molecule has 2 aliphatic heterocycles. The van der Waals surface area contributed by atoms with Crippen LogP contribution < -0.4 is 49.2 Å².